The minimum Gasteiger partial charge on any atom is -0.494 e. The number of ether oxygens (including phenoxy) is 1. The van der Waals surface area contributed by atoms with Crippen LogP contribution in [-0.2, 0) is 11.8 Å². The Morgan fingerprint density at radius 3 is 2.83 bits per heavy atom. The third-order valence-corrected chi connectivity index (χ3v) is 7.37. The van der Waals surface area contributed by atoms with Gasteiger partial charge in [-0.3, -0.25) is 0 Å². The van der Waals surface area contributed by atoms with Gasteiger partial charge in [-0.2, -0.15) is 5.26 Å². The van der Waals surface area contributed by atoms with Crippen LogP contribution in [0.15, 0.2) is 36.5 Å². The van der Waals surface area contributed by atoms with Crippen molar-refractivity contribution in [2.24, 2.45) is 0 Å². The number of nitriles is 1. The van der Waals surface area contributed by atoms with E-state index < -0.39 is 0 Å². The first kappa shape index (κ1) is 23.4. The van der Waals surface area contributed by atoms with E-state index >= 15 is 0 Å². The third kappa shape index (κ3) is 4.40. The quantitative estimate of drug-likeness (QED) is 0.507. The van der Waals surface area contributed by atoms with E-state index in [0.717, 1.165) is 41.9 Å². The number of methoxy groups -OCH3 is 1. The number of aliphatic hydroxyl groups is 1. The van der Waals surface area contributed by atoms with E-state index in [0.29, 0.717) is 40.9 Å². The van der Waals surface area contributed by atoms with Crippen molar-refractivity contribution in [3.63, 3.8) is 0 Å². The molecular formula is C27H28ClN5O2. The zero-order valence-electron chi connectivity index (χ0n) is 20.1. The van der Waals surface area contributed by atoms with Crippen LogP contribution in [0, 0.1) is 11.3 Å². The molecule has 7 nitrogen and oxygen atoms in total. The van der Waals surface area contributed by atoms with Gasteiger partial charge in [-0.15, -0.1) is 0 Å². The summed E-state index contributed by atoms with van der Waals surface area (Å²) in [5, 5.41) is 23.4. The van der Waals surface area contributed by atoms with Crippen molar-refractivity contribution in [3.8, 4) is 23.1 Å². The van der Waals surface area contributed by atoms with Crippen LogP contribution in [-0.4, -0.2) is 41.4 Å². The molecule has 1 aromatic heterocycles. The molecule has 1 aliphatic carbocycles. The van der Waals surface area contributed by atoms with Crippen LogP contribution in [0.5, 0.6) is 5.75 Å². The topological polar surface area (TPSA) is 94.3 Å². The van der Waals surface area contributed by atoms with Crippen LogP contribution in [0.25, 0.3) is 11.3 Å². The van der Waals surface area contributed by atoms with Crippen molar-refractivity contribution in [1.82, 2.24) is 9.97 Å². The van der Waals surface area contributed by atoms with E-state index in [2.05, 4.69) is 41.2 Å². The fourth-order valence-electron chi connectivity index (χ4n) is 5.08. The molecule has 0 bridgehead atoms. The molecule has 0 radical (unpaired) electrons. The van der Waals surface area contributed by atoms with Crippen molar-refractivity contribution in [2.75, 3.05) is 30.4 Å². The summed E-state index contributed by atoms with van der Waals surface area (Å²) in [5.41, 5.74) is 6.21. The Hall–Kier alpha value is -3.34. The van der Waals surface area contributed by atoms with Gasteiger partial charge >= 0.3 is 0 Å². The number of nitrogens with one attached hydrogen (secondary N) is 1. The van der Waals surface area contributed by atoms with E-state index in [1.165, 1.54) is 5.56 Å². The second-order valence-electron chi connectivity index (χ2n) is 9.83. The lowest BCUT2D eigenvalue weighted by atomic mass is 9.84. The van der Waals surface area contributed by atoms with Crippen LogP contribution < -0.4 is 15.0 Å². The fourth-order valence-corrected chi connectivity index (χ4v) is 5.36. The van der Waals surface area contributed by atoms with Gasteiger partial charge in [-0.1, -0.05) is 25.4 Å². The van der Waals surface area contributed by atoms with Crippen molar-refractivity contribution in [3.05, 3.63) is 58.2 Å². The van der Waals surface area contributed by atoms with Crippen LogP contribution in [0.4, 0.5) is 17.3 Å². The number of β-amino-alcohol motifs (C(OH)–C–C–N with tert-alkyl or cyclic N) is 1. The van der Waals surface area contributed by atoms with E-state index in [9.17, 15) is 10.4 Å². The number of halogens is 1. The summed E-state index contributed by atoms with van der Waals surface area (Å²) < 4.78 is 5.62. The highest BCUT2D eigenvalue weighted by atomic mass is 35.5. The summed E-state index contributed by atoms with van der Waals surface area (Å²) in [6.07, 6.45) is 4.02. The first-order valence-electron chi connectivity index (χ1n) is 11.8. The number of hydrogen-bond acceptors (Lipinski definition) is 7. The lowest BCUT2D eigenvalue weighted by Crippen LogP contribution is -2.21. The Kier molecular flexibility index (Phi) is 6.04. The van der Waals surface area contributed by atoms with Crippen molar-refractivity contribution in [1.29, 1.82) is 5.26 Å². The van der Waals surface area contributed by atoms with Crippen LogP contribution in [0.1, 0.15) is 43.4 Å². The molecule has 3 aromatic rings. The minimum atomic E-state index is -0.350. The Balaban J connectivity index is 1.47. The number of hydrogen-bond donors (Lipinski definition) is 2. The summed E-state index contributed by atoms with van der Waals surface area (Å²) in [6.45, 7) is 5.73. The van der Waals surface area contributed by atoms with Gasteiger partial charge in [0, 0.05) is 30.9 Å². The van der Waals surface area contributed by atoms with Crippen LogP contribution >= 0.6 is 11.6 Å². The number of anilines is 3. The van der Waals surface area contributed by atoms with Crippen molar-refractivity contribution < 1.29 is 9.84 Å². The summed E-state index contributed by atoms with van der Waals surface area (Å²) in [4.78, 5) is 11.2. The average Bonchev–Trinajstić information content (AvgIpc) is 3.41. The Morgan fingerprint density at radius 2 is 2.11 bits per heavy atom. The highest BCUT2D eigenvalue weighted by molar-refractivity contribution is 6.33. The van der Waals surface area contributed by atoms with Crippen LogP contribution in [0.2, 0.25) is 5.02 Å². The zero-order valence-corrected chi connectivity index (χ0v) is 20.9. The first-order valence-corrected chi connectivity index (χ1v) is 12.2. The normalized spacial score (nSPS) is 18.3. The second kappa shape index (κ2) is 9.03. The van der Waals surface area contributed by atoms with Gasteiger partial charge in [0.1, 0.15) is 5.75 Å². The molecule has 1 saturated heterocycles. The van der Waals surface area contributed by atoms with Gasteiger partial charge in [-0.05, 0) is 60.1 Å². The van der Waals surface area contributed by atoms with Gasteiger partial charge in [0.2, 0.25) is 5.95 Å². The van der Waals surface area contributed by atoms with Crippen molar-refractivity contribution in [2.45, 2.75) is 44.6 Å². The average molecular weight is 490 g/mol. The highest BCUT2D eigenvalue weighted by Gasteiger charge is 2.32. The molecule has 1 unspecified atom stereocenters. The van der Waals surface area contributed by atoms with E-state index in [1.807, 2.05) is 18.2 Å². The first-order chi connectivity index (χ1) is 16.8. The summed E-state index contributed by atoms with van der Waals surface area (Å²) in [6, 6.07) is 12.0. The lowest BCUT2D eigenvalue weighted by Gasteiger charge is -2.22. The van der Waals surface area contributed by atoms with Gasteiger partial charge < -0.3 is 20.1 Å². The molecule has 1 fully saturated rings. The molecule has 0 saturated carbocycles. The molecule has 35 heavy (non-hydrogen) atoms. The Morgan fingerprint density at radius 1 is 1.29 bits per heavy atom. The number of rotatable bonds is 5. The summed E-state index contributed by atoms with van der Waals surface area (Å²) in [7, 11) is 1.60. The largest absolute Gasteiger partial charge is 0.494 e. The number of fused-ring (bicyclic) bond motifs is 1. The number of nitrogens with zero attached hydrogens (tertiary/aromatic N) is 4. The maximum Gasteiger partial charge on any atom is 0.227 e. The predicted octanol–water partition coefficient (Wildman–Crippen LogP) is 5.22. The minimum absolute atomic E-state index is 0.0301. The zero-order chi connectivity index (χ0) is 24.7. The SMILES string of the molecule is COc1cc(N2CCC(O)C2)c(Cl)cc1Nc1nccc(-c2cc(C#N)c3c(c2)C(C)(C)CC3)n1. The molecular weight excluding hydrogens is 462 g/mol. The van der Waals surface area contributed by atoms with Crippen LogP contribution in [0.3, 0.4) is 0 Å². The molecule has 2 aromatic carbocycles. The Bertz CT molecular complexity index is 1330. The molecule has 8 heteroatoms. The lowest BCUT2D eigenvalue weighted by molar-refractivity contribution is 0.198. The smallest absolute Gasteiger partial charge is 0.227 e. The molecule has 0 amide bonds. The van der Waals surface area contributed by atoms with E-state index in [4.69, 9.17) is 21.3 Å². The summed E-state index contributed by atoms with van der Waals surface area (Å²) >= 11 is 6.60. The summed E-state index contributed by atoms with van der Waals surface area (Å²) in [5.74, 6) is 1.00. The van der Waals surface area contributed by atoms with E-state index in [1.54, 1.807) is 19.4 Å². The highest BCUT2D eigenvalue weighted by Crippen LogP contribution is 2.42. The molecule has 2 heterocycles. The molecule has 1 aliphatic heterocycles. The standard InChI is InChI=1S/C27H28ClN5O2/c1-27(2)7-4-19-17(14-29)10-16(11-20(19)27)22-5-8-30-26(31-22)32-23-12-21(28)24(13-25(23)35-3)33-9-6-18(34)15-33/h5,8,10-13,18,34H,4,6-7,9,15H2,1-3H3,(H,30,31,32). The van der Waals surface area contributed by atoms with Gasteiger partial charge in [-0.25, -0.2) is 9.97 Å². The monoisotopic (exact) mass is 489 g/mol. The van der Waals surface area contributed by atoms with E-state index in [-0.39, 0.29) is 11.5 Å². The van der Waals surface area contributed by atoms with Gasteiger partial charge in [0.05, 0.1) is 46.9 Å². The fraction of sp³-hybridized carbons (Fsp3) is 0.370. The number of benzene rings is 2. The number of aromatic nitrogens is 2. The second-order valence-corrected chi connectivity index (χ2v) is 10.2. The third-order valence-electron chi connectivity index (χ3n) is 7.07. The predicted molar refractivity (Wildman–Crippen MR) is 138 cm³/mol. The molecule has 0 spiro atoms. The number of aliphatic hydroxyl groups excluding tert-OH is 1. The van der Waals surface area contributed by atoms with Crippen molar-refractivity contribution >= 4 is 28.9 Å². The van der Waals surface area contributed by atoms with Gasteiger partial charge in [0.15, 0.2) is 0 Å². The molecule has 2 N–H and O–H groups in total. The maximum absolute atomic E-state index is 9.90. The Labute approximate surface area is 210 Å². The molecule has 180 valence electrons. The molecule has 2 aliphatic rings. The maximum atomic E-state index is 9.90. The molecule has 5 rings (SSSR count). The molecule has 1 atom stereocenters. The van der Waals surface area contributed by atoms with Gasteiger partial charge in [0.25, 0.3) is 0 Å².